The molecule has 1 amide bonds. The van der Waals surface area contributed by atoms with Crippen LogP contribution in [0.3, 0.4) is 0 Å². The minimum atomic E-state index is -0.954. The minimum absolute atomic E-state index is 0.216. The normalized spacial score (nSPS) is 21.5. The largest absolute Gasteiger partial charge is 0.478 e. The van der Waals surface area contributed by atoms with Crippen molar-refractivity contribution in [2.75, 3.05) is 11.9 Å². The van der Waals surface area contributed by atoms with E-state index in [1.165, 1.54) is 11.3 Å². The predicted molar refractivity (Wildman–Crippen MR) is 75.5 cm³/mol. The van der Waals surface area contributed by atoms with Gasteiger partial charge in [0.1, 0.15) is 11.1 Å². The summed E-state index contributed by atoms with van der Waals surface area (Å²) in [5, 5.41) is 12.6. The summed E-state index contributed by atoms with van der Waals surface area (Å²) in [6.07, 6.45) is 4.94. The summed E-state index contributed by atoms with van der Waals surface area (Å²) in [5.41, 5.74) is 1.19. The number of carboxylic acid groups (broad SMARTS) is 1. The Balaban J connectivity index is 1.80. The number of fused-ring (bicyclic) bond motifs is 1. The number of thiophene rings is 1. The molecule has 1 atom stereocenters. The third kappa shape index (κ3) is 2.45. The van der Waals surface area contributed by atoms with Crippen LogP contribution in [0.2, 0.25) is 0 Å². The van der Waals surface area contributed by atoms with E-state index < -0.39 is 12.1 Å². The Labute approximate surface area is 120 Å². The molecule has 0 aromatic carbocycles. The van der Waals surface area contributed by atoms with Crippen LogP contribution in [-0.4, -0.2) is 29.7 Å². The van der Waals surface area contributed by atoms with E-state index in [9.17, 15) is 14.7 Å². The first-order valence-corrected chi connectivity index (χ1v) is 7.79. The second kappa shape index (κ2) is 5.54. The number of hydrogen-bond acceptors (Lipinski definition) is 4. The third-order valence-corrected chi connectivity index (χ3v) is 5.05. The van der Waals surface area contributed by atoms with E-state index in [2.05, 4.69) is 5.32 Å². The fourth-order valence-corrected chi connectivity index (χ4v) is 4.14. The van der Waals surface area contributed by atoms with Gasteiger partial charge in [0.2, 0.25) is 0 Å². The molecular formula is C14H17NO4S. The number of nitrogens with one attached hydrogen (secondary N) is 1. The molecule has 0 bridgehead atoms. The highest BCUT2D eigenvalue weighted by molar-refractivity contribution is 7.17. The molecule has 1 aromatic rings. The summed E-state index contributed by atoms with van der Waals surface area (Å²) in [4.78, 5) is 24.7. The van der Waals surface area contributed by atoms with Crippen molar-refractivity contribution >= 4 is 28.2 Å². The molecule has 3 rings (SSSR count). The van der Waals surface area contributed by atoms with Crippen molar-refractivity contribution in [2.24, 2.45) is 0 Å². The van der Waals surface area contributed by atoms with Crippen LogP contribution in [0.5, 0.6) is 0 Å². The lowest BCUT2D eigenvalue weighted by Crippen LogP contribution is -2.33. The average Bonchev–Trinajstić information content (AvgIpc) is 2.99. The number of rotatable bonds is 3. The highest BCUT2D eigenvalue weighted by Crippen LogP contribution is 2.39. The molecule has 1 fully saturated rings. The first kappa shape index (κ1) is 13.6. The smallest absolute Gasteiger partial charge is 0.339 e. The van der Waals surface area contributed by atoms with Gasteiger partial charge < -0.3 is 15.2 Å². The zero-order chi connectivity index (χ0) is 14.1. The molecule has 2 N–H and O–H groups in total. The van der Waals surface area contributed by atoms with Crippen LogP contribution in [0.1, 0.15) is 46.5 Å². The number of aryl methyl sites for hydroxylation is 1. The van der Waals surface area contributed by atoms with Crippen molar-refractivity contribution in [1.82, 2.24) is 0 Å². The molecule has 1 aliphatic carbocycles. The zero-order valence-corrected chi connectivity index (χ0v) is 11.9. The highest BCUT2D eigenvalue weighted by atomic mass is 32.1. The number of amides is 1. The maximum absolute atomic E-state index is 12.1. The van der Waals surface area contributed by atoms with Gasteiger partial charge in [-0.2, -0.15) is 0 Å². The first-order chi connectivity index (χ1) is 9.66. The van der Waals surface area contributed by atoms with Gasteiger partial charge in [-0.3, -0.25) is 4.79 Å². The van der Waals surface area contributed by atoms with E-state index in [-0.39, 0.29) is 11.5 Å². The standard InChI is InChI=1S/C14H17NO4S/c16-12(9-5-1-2-7-19-9)15-13-11(14(17)18)8-4-3-6-10(8)20-13/h9H,1-7H2,(H,15,16)(H,17,18). The number of carboxylic acids is 1. The molecule has 20 heavy (non-hydrogen) atoms. The second-order valence-electron chi connectivity index (χ2n) is 5.21. The van der Waals surface area contributed by atoms with Crippen LogP contribution in [0, 0.1) is 0 Å². The summed E-state index contributed by atoms with van der Waals surface area (Å²) in [7, 11) is 0. The van der Waals surface area contributed by atoms with Gasteiger partial charge in [-0.25, -0.2) is 4.79 Å². The summed E-state index contributed by atoms with van der Waals surface area (Å²) >= 11 is 1.40. The van der Waals surface area contributed by atoms with Gasteiger partial charge in [0.25, 0.3) is 5.91 Å². The van der Waals surface area contributed by atoms with Crippen molar-refractivity contribution in [1.29, 1.82) is 0 Å². The van der Waals surface area contributed by atoms with Gasteiger partial charge in [-0.15, -0.1) is 11.3 Å². The quantitative estimate of drug-likeness (QED) is 0.898. The molecule has 1 saturated heterocycles. The van der Waals surface area contributed by atoms with Crippen LogP contribution >= 0.6 is 11.3 Å². The van der Waals surface area contributed by atoms with Crippen LogP contribution in [0.25, 0.3) is 0 Å². The molecule has 0 saturated carbocycles. The van der Waals surface area contributed by atoms with Gasteiger partial charge in [0, 0.05) is 11.5 Å². The lowest BCUT2D eigenvalue weighted by molar-refractivity contribution is -0.129. The Kier molecular flexibility index (Phi) is 3.76. The highest BCUT2D eigenvalue weighted by Gasteiger charge is 2.29. The fraction of sp³-hybridized carbons (Fsp3) is 0.571. The Bertz CT molecular complexity index is 546. The lowest BCUT2D eigenvalue weighted by atomic mass is 10.1. The number of carbonyl (C=O) groups excluding carboxylic acids is 1. The van der Waals surface area contributed by atoms with E-state index in [0.29, 0.717) is 18.0 Å². The molecular weight excluding hydrogens is 278 g/mol. The predicted octanol–water partition coefficient (Wildman–Crippen LogP) is 2.44. The zero-order valence-electron chi connectivity index (χ0n) is 11.1. The van der Waals surface area contributed by atoms with Crippen molar-refractivity contribution in [3.05, 3.63) is 16.0 Å². The van der Waals surface area contributed by atoms with E-state index >= 15 is 0 Å². The summed E-state index contributed by atoms with van der Waals surface area (Å²) in [6.45, 7) is 0.602. The van der Waals surface area contributed by atoms with E-state index in [4.69, 9.17) is 4.74 Å². The van der Waals surface area contributed by atoms with Crippen molar-refractivity contribution in [3.8, 4) is 0 Å². The van der Waals surface area contributed by atoms with E-state index in [1.807, 2.05) is 0 Å². The maximum atomic E-state index is 12.1. The molecule has 1 aromatic heterocycles. The number of anilines is 1. The maximum Gasteiger partial charge on any atom is 0.339 e. The summed E-state index contributed by atoms with van der Waals surface area (Å²) < 4.78 is 5.43. The molecule has 108 valence electrons. The third-order valence-electron chi connectivity index (χ3n) is 3.84. The summed E-state index contributed by atoms with van der Waals surface area (Å²) in [6, 6.07) is 0. The lowest BCUT2D eigenvalue weighted by Gasteiger charge is -2.21. The number of carbonyl (C=O) groups is 2. The molecule has 1 aliphatic heterocycles. The summed E-state index contributed by atoms with van der Waals surface area (Å²) in [5.74, 6) is -1.17. The van der Waals surface area contributed by atoms with Gasteiger partial charge >= 0.3 is 5.97 Å². The molecule has 6 heteroatoms. The van der Waals surface area contributed by atoms with Crippen LogP contribution < -0.4 is 5.32 Å². The van der Waals surface area contributed by atoms with Gasteiger partial charge in [0.15, 0.2) is 0 Å². The van der Waals surface area contributed by atoms with Gasteiger partial charge in [-0.05, 0) is 44.1 Å². The van der Waals surface area contributed by atoms with Gasteiger partial charge in [0.05, 0.1) is 5.56 Å². The Hall–Kier alpha value is -1.40. The number of ether oxygens (including phenoxy) is 1. The average molecular weight is 295 g/mol. The van der Waals surface area contributed by atoms with Crippen LogP contribution in [0.15, 0.2) is 0 Å². The number of aromatic carboxylic acids is 1. The number of hydrogen-bond donors (Lipinski definition) is 2. The molecule has 1 unspecified atom stereocenters. The van der Waals surface area contributed by atoms with Crippen molar-refractivity contribution in [2.45, 2.75) is 44.6 Å². The van der Waals surface area contributed by atoms with Crippen molar-refractivity contribution in [3.63, 3.8) is 0 Å². The van der Waals surface area contributed by atoms with Crippen molar-refractivity contribution < 1.29 is 19.4 Å². The van der Waals surface area contributed by atoms with Crippen LogP contribution in [-0.2, 0) is 22.4 Å². The topological polar surface area (TPSA) is 75.6 Å². The fourth-order valence-electron chi connectivity index (χ4n) is 2.86. The van der Waals surface area contributed by atoms with Crippen LogP contribution in [0.4, 0.5) is 5.00 Å². The molecule has 2 aliphatic rings. The Morgan fingerprint density at radius 2 is 2.10 bits per heavy atom. The van der Waals surface area contributed by atoms with E-state index in [0.717, 1.165) is 42.5 Å². The molecule has 2 heterocycles. The Morgan fingerprint density at radius 3 is 2.80 bits per heavy atom. The molecule has 0 radical (unpaired) electrons. The first-order valence-electron chi connectivity index (χ1n) is 6.97. The Morgan fingerprint density at radius 1 is 1.25 bits per heavy atom. The van der Waals surface area contributed by atoms with E-state index in [1.54, 1.807) is 0 Å². The van der Waals surface area contributed by atoms with Gasteiger partial charge in [-0.1, -0.05) is 0 Å². The molecule has 0 spiro atoms. The monoisotopic (exact) mass is 295 g/mol. The second-order valence-corrected chi connectivity index (χ2v) is 6.32. The minimum Gasteiger partial charge on any atom is -0.478 e. The SMILES string of the molecule is O=C(O)c1c(NC(=O)C2CCCCO2)sc2c1CCC2. The molecule has 5 nitrogen and oxygen atoms in total.